The number of nitrogens with two attached hydrogens (primary N) is 1. The van der Waals surface area contributed by atoms with Crippen LogP contribution in [0.2, 0.25) is 0 Å². The van der Waals surface area contributed by atoms with E-state index < -0.39 is 0 Å². The summed E-state index contributed by atoms with van der Waals surface area (Å²) in [6, 6.07) is 17.3. The third-order valence-electron chi connectivity index (χ3n) is 7.80. The van der Waals surface area contributed by atoms with Crippen LogP contribution in [0.25, 0.3) is 11.1 Å². The van der Waals surface area contributed by atoms with Gasteiger partial charge in [0.2, 0.25) is 0 Å². The lowest BCUT2D eigenvalue weighted by molar-refractivity contribution is 0.258. The Hall–Kier alpha value is -3.25. The van der Waals surface area contributed by atoms with Gasteiger partial charge in [-0.3, -0.25) is 4.99 Å². The Labute approximate surface area is 201 Å². The second-order valence-corrected chi connectivity index (χ2v) is 10.1. The Bertz CT molecular complexity index is 1230. The summed E-state index contributed by atoms with van der Waals surface area (Å²) < 4.78 is 0. The molecule has 1 saturated heterocycles. The highest BCUT2D eigenvalue weighted by Gasteiger charge is 2.32. The van der Waals surface area contributed by atoms with Gasteiger partial charge in [0.05, 0.1) is 18.4 Å². The lowest BCUT2D eigenvalue weighted by Gasteiger charge is -2.39. The average molecular weight is 453 g/mol. The molecule has 3 aliphatic heterocycles. The van der Waals surface area contributed by atoms with Gasteiger partial charge in [0.1, 0.15) is 11.5 Å². The standard InChI is InChI=1S/C28H32N6/c1-28(19-29)12-15-33(16-13-28)25-18-30-26-23(32-25)17-31-27(26)34-14-6-10-22-21(9-5-11-24(22)34)20-7-3-2-4-8-20/h2-5,7-9,11,18H,6,10,12-17,19,29H2,1H3. The third-order valence-corrected chi connectivity index (χ3v) is 7.80. The van der Waals surface area contributed by atoms with Gasteiger partial charge >= 0.3 is 0 Å². The van der Waals surface area contributed by atoms with Crippen LogP contribution in [-0.2, 0) is 13.0 Å². The molecule has 0 aliphatic carbocycles. The Balaban J connectivity index is 1.28. The van der Waals surface area contributed by atoms with Crippen molar-refractivity contribution in [2.45, 2.75) is 39.2 Å². The van der Waals surface area contributed by atoms with Gasteiger partial charge < -0.3 is 15.5 Å². The molecule has 0 radical (unpaired) electrons. The van der Waals surface area contributed by atoms with Crippen LogP contribution in [0.15, 0.2) is 59.7 Å². The van der Waals surface area contributed by atoms with Crippen LogP contribution in [0, 0.1) is 5.41 Å². The summed E-state index contributed by atoms with van der Waals surface area (Å²) in [6.45, 7) is 6.56. The van der Waals surface area contributed by atoms with Crippen LogP contribution in [0.4, 0.5) is 11.5 Å². The van der Waals surface area contributed by atoms with Crippen molar-refractivity contribution in [2.24, 2.45) is 16.1 Å². The van der Waals surface area contributed by atoms with E-state index in [9.17, 15) is 0 Å². The normalized spacial score (nSPS) is 18.9. The zero-order chi connectivity index (χ0) is 23.1. The molecule has 0 atom stereocenters. The molecule has 0 saturated carbocycles. The first-order valence-corrected chi connectivity index (χ1v) is 12.5. The maximum absolute atomic E-state index is 5.99. The molecule has 6 nitrogen and oxygen atoms in total. The number of hydrogen-bond donors (Lipinski definition) is 1. The molecular weight excluding hydrogens is 420 g/mol. The quantitative estimate of drug-likeness (QED) is 0.637. The number of aromatic nitrogens is 2. The van der Waals surface area contributed by atoms with Crippen molar-refractivity contribution in [2.75, 3.05) is 36.0 Å². The molecule has 6 rings (SSSR count). The van der Waals surface area contributed by atoms with Crippen molar-refractivity contribution in [3.63, 3.8) is 0 Å². The minimum Gasteiger partial charge on any atom is -0.355 e. The van der Waals surface area contributed by atoms with Crippen LogP contribution in [-0.4, -0.2) is 42.0 Å². The molecule has 0 spiro atoms. The molecule has 6 heteroatoms. The molecule has 3 aromatic rings. The van der Waals surface area contributed by atoms with Crippen molar-refractivity contribution in [3.05, 3.63) is 71.7 Å². The number of anilines is 2. The number of benzene rings is 2. The lowest BCUT2D eigenvalue weighted by atomic mass is 9.80. The number of rotatable bonds is 3. The van der Waals surface area contributed by atoms with Gasteiger partial charge in [-0.1, -0.05) is 49.4 Å². The lowest BCUT2D eigenvalue weighted by Crippen LogP contribution is -2.42. The first-order valence-electron chi connectivity index (χ1n) is 12.5. The number of amidine groups is 1. The minimum absolute atomic E-state index is 0.247. The van der Waals surface area contributed by atoms with Gasteiger partial charge in [0.25, 0.3) is 0 Å². The van der Waals surface area contributed by atoms with E-state index in [1.165, 1.54) is 22.4 Å². The number of fused-ring (bicyclic) bond motifs is 2. The molecule has 2 N–H and O–H groups in total. The fourth-order valence-electron chi connectivity index (χ4n) is 5.52. The second-order valence-electron chi connectivity index (χ2n) is 10.1. The van der Waals surface area contributed by atoms with E-state index in [1.807, 2.05) is 6.20 Å². The second kappa shape index (κ2) is 8.51. The molecule has 0 amide bonds. The molecule has 4 heterocycles. The van der Waals surface area contributed by atoms with Gasteiger partial charge in [-0.25, -0.2) is 9.97 Å². The van der Waals surface area contributed by atoms with E-state index in [2.05, 4.69) is 65.3 Å². The van der Waals surface area contributed by atoms with Crippen molar-refractivity contribution >= 4 is 17.3 Å². The van der Waals surface area contributed by atoms with E-state index in [0.29, 0.717) is 6.54 Å². The molecule has 1 fully saturated rings. The zero-order valence-corrected chi connectivity index (χ0v) is 19.9. The fourth-order valence-corrected chi connectivity index (χ4v) is 5.52. The highest BCUT2D eigenvalue weighted by Crippen LogP contribution is 2.37. The SMILES string of the molecule is CC1(CN)CCN(c2cnc3c(n2)CN=C3N2CCCc3c(-c4ccccc4)cccc32)CC1. The van der Waals surface area contributed by atoms with Gasteiger partial charge in [-0.05, 0) is 60.4 Å². The van der Waals surface area contributed by atoms with Crippen LogP contribution < -0.4 is 15.5 Å². The summed E-state index contributed by atoms with van der Waals surface area (Å²) in [7, 11) is 0. The number of aliphatic imine (C=N–C) groups is 1. The van der Waals surface area contributed by atoms with Crippen LogP contribution in [0.3, 0.4) is 0 Å². The molecule has 2 aromatic carbocycles. The number of hydrogen-bond acceptors (Lipinski definition) is 6. The first-order chi connectivity index (χ1) is 16.6. The van der Waals surface area contributed by atoms with Crippen molar-refractivity contribution < 1.29 is 0 Å². The highest BCUT2D eigenvalue weighted by molar-refractivity contribution is 6.11. The first kappa shape index (κ1) is 21.3. The third kappa shape index (κ3) is 3.66. The van der Waals surface area contributed by atoms with Crippen LogP contribution in [0.5, 0.6) is 0 Å². The Morgan fingerprint density at radius 2 is 1.82 bits per heavy atom. The smallest absolute Gasteiger partial charge is 0.156 e. The van der Waals surface area contributed by atoms with E-state index in [0.717, 1.165) is 74.9 Å². The fraction of sp³-hybridized carbons (Fsp3) is 0.393. The van der Waals surface area contributed by atoms with E-state index >= 15 is 0 Å². The molecule has 3 aliphatic rings. The Kier molecular flexibility index (Phi) is 5.33. The van der Waals surface area contributed by atoms with Gasteiger partial charge in [0.15, 0.2) is 5.84 Å². The molecular formula is C28H32N6. The topological polar surface area (TPSA) is 70.6 Å². The van der Waals surface area contributed by atoms with E-state index in [-0.39, 0.29) is 5.41 Å². The monoisotopic (exact) mass is 452 g/mol. The minimum atomic E-state index is 0.247. The van der Waals surface area contributed by atoms with Crippen molar-refractivity contribution in [3.8, 4) is 11.1 Å². The summed E-state index contributed by atoms with van der Waals surface area (Å²) in [6.07, 6.45) is 6.31. The van der Waals surface area contributed by atoms with Crippen molar-refractivity contribution in [1.82, 2.24) is 9.97 Å². The summed E-state index contributed by atoms with van der Waals surface area (Å²) in [5.41, 5.74) is 13.4. The molecule has 0 unspecified atom stereocenters. The van der Waals surface area contributed by atoms with Gasteiger partial charge in [-0.2, -0.15) is 0 Å². The number of piperidine rings is 1. The number of nitrogens with zero attached hydrogens (tertiary/aromatic N) is 5. The predicted molar refractivity (Wildman–Crippen MR) is 138 cm³/mol. The van der Waals surface area contributed by atoms with Gasteiger partial charge in [0, 0.05) is 25.3 Å². The highest BCUT2D eigenvalue weighted by atomic mass is 15.2. The zero-order valence-electron chi connectivity index (χ0n) is 19.9. The van der Waals surface area contributed by atoms with Crippen molar-refractivity contribution in [1.29, 1.82) is 0 Å². The predicted octanol–water partition coefficient (Wildman–Crippen LogP) is 4.42. The molecule has 34 heavy (non-hydrogen) atoms. The van der Waals surface area contributed by atoms with E-state index in [4.69, 9.17) is 20.7 Å². The maximum atomic E-state index is 5.99. The summed E-state index contributed by atoms with van der Waals surface area (Å²) in [5, 5.41) is 0. The van der Waals surface area contributed by atoms with Crippen LogP contribution in [0.1, 0.15) is 43.1 Å². The molecule has 174 valence electrons. The summed E-state index contributed by atoms with van der Waals surface area (Å²) in [5.74, 6) is 1.94. The largest absolute Gasteiger partial charge is 0.355 e. The Morgan fingerprint density at radius 1 is 1.00 bits per heavy atom. The average Bonchev–Trinajstić information content (AvgIpc) is 3.32. The maximum Gasteiger partial charge on any atom is 0.156 e. The molecule has 0 bridgehead atoms. The summed E-state index contributed by atoms with van der Waals surface area (Å²) in [4.78, 5) is 19.6. The Morgan fingerprint density at radius 3 is 2.62 bits per heavy atom. The van der Waals surface area contributed by atoms with Gasteiger partial charge in [-0.15, -0.1) is 0 Å². The van der Waals surface area contributed by atoms with E-state index in [1.54, 1.807) is 0 Å². The van der Waals surface area contributed by atoms with Crippen LogP contribution >= 0.6 is 0 Å². The molecule has 1 aromatic heterocycles. The summed E-state index contributed by atoms with van der Waals surface area (Å²) >= 11 is 0.